The fraction of sp³-hybridized carbons (Fsp3) is 0.600. The minimum absolute atomic E-state index is 0.434. The van der Waals surface area contributed by atoms with Gasteiger partial charge in [-0.05, 0) is 69.6 Å². The molecule has 2 nitrogen and oxygen atoms in total. The van der Waals surface area contributed by atoms with E-state index in [1.165, 1.54) is 17.5 Å². The topological polar surface area (TPSA) is 29.5 Å². The maximum Gasteiger partial charge on any atom is 0.310 e. The summed E-state index contributed by atoms with van der Waals surface area (Å²) in [6.45, 7) is 7.32. The predicted molar refractivity (Wildman–Crippen MR) is 81.7 cm³/mol. The molecule has 0 radical (unpaired) electrons. The number of fused-ring (bicyclic) bond motifs is 1. The highest BCUT2D eigenvalue weighted by molar-refractivity contribution is 6.53. The second-order valence-electron chi connectivity index (χ2n) is 6.42. The molecule has 1 aliphatic carbocycles. The molecule has 0 aromatic heterocycles. The van der Waals surface area contributed by atoms with E-state index in [9.17, 15) is 5.11 Å². The van der Waals surface area contributed by atoms with Gasteiger partial charge in [-0.2, -0.15) is 0 Å². The lowest BCUT2D eigenvalue weighted by Gasteiger charge is -2.37. The lowest BCUT2D eigenvalue weighted by atomic mass is 9.81. The molecule has 2 rings (SSSR count). The Morgan fingerprint density at radius 3 is 2.32 bits per heavy atom. The molecule has 1 aliphatic rings. The quantitative estimate of drug-likeness (QED) is 0.858. The number of hydrogen-bond donors (Lipinski definition) is 1. The first-order valence-electron chi connectivity index (χ1n) is 6.87. The van der Waals surface area contributed by atoms with Gasteiger partial charge in [0.25, 0.3) is 0 Å². The van der Waals surface area contributed by atoms with Gasteiger partial charge in [-0.3, -0.25) is 0 Å². The molecule has 0 saturated carbocycles. The van der Waals surface area contributed by atoms with E-state index in [0.29, 0.717) is 7.48 Å². The molecular weight excluding hydrogens is 258 g/mol. The zero-order chi connectivity index (χ0) is 14.3. The molecule has 0 aliphatic heterocycles. The van der Waals surface area contributed by atoms with Crippen molar-refractivity contribution in [1.82, 2.24) is 0 Å². The van der Waals surface area contributed by atoms with Crippen molar-refractivity contribution in [3.8, 4) is 0 Å². The van der Waals surface area contributed by atoms with Gasteiger partial charge in [0.05, 0.1) is 11.2 Å². The van der Waals surface area contributed by atoms with E-state index < -0.39 is 11.2 Å². The number of halogens is 1. The average molecular weight is 281 g/mol. The van der Waals surface area contributed by atoms with E-state index >= 15 is 0 Å². The van der Waals surface area contributed by atoms with E-state index in [1.807, 2.05) is 13.8 Å². The summed E-state index contributed by atoms with van der Waals surface area (Å²) in [5.74, 6) is 0. The van der Waals surface area contributed by atoms with Crippen LogP contribution < -0.4 is 5.46 Å². The molecule has 0 saturated heterocycles. The van der Waals surface area contributed by atoms with Gasteiger partial charge in [0.1, 0.15) is 0 Å². The summed E-state index contributed by atoms with van der Waals surface area (Å²) in [5.41, 5.74) is 2.27. The fourth-order valence-electron chi connectivity index (χ4n) is 2.19. The van der Waals surface area contributed by atoms with Crippen LogP contribution in [0.3, 0.4) is 0 Å². The summed E-state index contributed by atoms with van der Waals surface area (Å²) < 4.78 is 5.89. The highest BCUT2D eigenvalue weighted by Crippen LogP contribution is 2.26. The van der Waals surface area contributed by atoms with Gasteiger partial charge in [-0.25, -0.2) is 0 Å². The average Bonchev–Trinajstić information content (AvgIpc) is 2.71. The van der Waals surface area contributed by atoms with E-state index in [1.54, 1.807) is 13.8 Å². The van der Waals surface area contributed by atoms with Crippen LogP contribution in [-0.2, 0) is 17.5 Å². The number of aryl methyl sites for hydroxylation is 2. The summed E-state index contributed by atoms with van der Waals surface area (Å²) >= 11 is 6.31. The number of rotatable bonds is 4. The Hall–Kier alpha value is -0.505. The van der Waals surface area contributed by atoms with Crippen LogP contribution in [0.2, 0.25) is 5.02 Å². The van der Waals surface area contributed by atoms with Crippen LogP contribution in [0.25, 0.3) is 0 Å². The van der Waals surface area contributed by atoms with Crippen molar-refractivity contribution in [2.75, 3.05) is 0 Å². The van der Waals surface area contributed by atoms with Crippen molar-refractivity contribution in [1.29, 1.82) is 0 Å². The SMILES string of the molecule is CC(C)(O)C(C)(C)OBc1cc2c(cc1Cl)CCC2. The van der Waals surface area contributed by atoms with Crippen molar-refractivity contribution in [2.45, 2.75) is 58.2 Å². The van der Waals surface area contributed by atoms with Gasteiger partial charge in [-0.15, -0.1) is 0 Å². The molecule has 1 N–H and O–H groups in total. The van der Waals surface area contributed by atoms with Crippen molar-refractivity contribution in [3.63, 3.8) is 0 Å². The molecule has 1 aromatic carbocycles. The highest BCUT2D eigenvalue weighted by atomic mass is 35.5. The minimum atomic E-state index is -0.893. The molecule has 0 spiro atoms. The first-order valence-corrected chi connectivity index (χ1v) is 7.25. The predicted octanol–water partition coefficient (Wildman–Crippen LogP) is 2.37. The molecule has 104 valence electrons. The van der Waals surface area contributed by atoms with Gasteiger partial charge < -0.3 is 9.76 Å². The van der Waals surface area contributed by atoms with Crippen LogP contribution in [0, 0.1) is 0 Å². The first kappa shape index (κ1) is 14.9. The summed E-state index contributed by atoms with van der Waals surface area (Å²) in [6, 6.07) is 4.23. The van der Waals surface area contributed by atoms with Crippen LogP contribution in [-0.4, -0.2) is 23.8 Å². The second-order valence-corrected chi connectivity index (χ2v) is 6.83. The van der Waals surface area contributed by atoms with Crippen molar-refractivity contribution >= 4 is 24.5 Å². The maximum atomic E-state index is 10.1. The molecule has 1 aromatic rings. The van der Waals surface area contributed by atoms with Gasteiger partial charge in [-0.1, -0.05) is 17.7 Å². The van der Waals surface area contributed by atoms with E-state index in [-0.39, 0.29) is 0 Å². The molecular formula is C15H22BClO2. The first-order chi connectivity index (χ1) is 8.71. The van der Waals surface area contributed by atoms with E-state index in [4.69, 9.17) is 16.3 Å². The number of aliphatic hydroxyl groups is 1. The highest BCUT2D eigenvalue weighted by Gasteiger charge is 2.35. The lowest BCUT2D eigenvalue weighted by Crippen LogP contribution is -2.49. The summed E-state index contributed by atoms with van der Waals surface area (Å²) in [4.78, 5) is 0. The molecule has 0 amide bonds. The van der Waals surface area contributed by atoms with Gasteiger partial charge in [0.2, 0.25) is 0 Å². The normalized spacial score (nSPS) is 15.5. The molecule has 0 unspecified atom stereocenters. The van der Waals surface area contributed by atoms with Crippen molar-refractivity contribution in [3.05, 3.63) is 28.3 Å². The zero-order valence-electron chi connectivity index (χ0n) is 12.2. The molecule has 19 heavy (non-hydrogen) atoms. The summed E-state index contributed by atoms with van der Waals surface area (Å²) in [7, 11) is 0.434. The number of benzene rings is 1. The standard InChI is InChI=1S/C15H22BClO2/c1-14(2,18)15(3,4)19-16-12-8-10-6-5-7-11(10)9-13(12)17/h8-9,16,18H,5-7H2,1-4H3. The molecule has 0 bridgehead atoms. The monoisotopic (exact) mass is 280 g/mol. The Labute approximate surface area is 121 Å². The third kappa shape index (κ3) is 3.15. The lowest BCUT2D eigenvalue weighted by molar-refractivity contribution is -0.0893. The van der Waals surface area contributed by atoms with Crippen LogP contribution in [0.15, 0.2) is 12.1 Å². The molecule has 4 heteroatoms. The fourth-order valence-corrected chi connectivity index (χ4v) is 2.43. The molecule has 0 atom stereocenters. The summed E-state index contributed by atoms with van der Waals surface area (Å²) in [5, 5.41) is 10.9. The summed E-state index contributed by atoms with van der Waals surface area (Å²) in [6.07, 6.45) is 3.48. The van der Waals surface area contributed by atoms with Gasteiger partial charge in [0.15, 0.2) is 0 Å². The van der Waals surface area contributed by atoms with Crippen LogP contribution in [0.1, 0.15) is 45.2 Å². The third-order valence-electron chi connectivity index (χ3n) is 4.32. The van der Waals surface area contributed by atoms with Crippen LogP contribution in [0.4, 0.5) is 0 Å². The Kier molecular flexibility index (Phi) is 4.01. The van der Waals surface area contributed by atoms with Crippen LogP contribution in [0.5, 0.6) is 0 Å². The number of hydrogen-bond acceptors (Lipinski definition) is 2. The van der Waals surface area contributed by atoms with Crippen molar-refractivity contribution < 1.29 is 9.76 Å². The van der Waals surface area contributed by atoms with Crippen molar-refractivity contribution in [2.24, 2.45) is 0 Å². The Bertz CT molecular complexity index is 478. The van der Waals surface area contributed by atoms with Gasteiger partial charge >= 0.3 is 7.48 Å². The molecule has 0 heterocycles. The van der Waals surface area contributed by atoms with E-state index in [0.717, 1.165) is 23.3 Å². The minimum Gasteiger partial charge on any atom is -0.427 e. The Morgan fingerprint density at radius 2 is 1.74 bits per heavy atom. The largest absolute Gasteiger partial charge is 0.427 e. The zero-order valence-corrected chi connectivity index (χ0v) is 13.0. The van der Waals surface area contributed by atoms with E-state index in [2.05, 4.69) is 12.1 Å². The van der Waals surface area contributed by atoms with Gasteiger partial charge in [0, 0.05) is 5.02 Å². The van der Waals surface area contributed by atoms with Crippen LogP contribution >= 0.6 is 11.6 Å². The smallest absolute Gasteiger partial charge is 0.310 e. The Balaban J connectivity index is 2.13. The third-order valence-corrected chi connectivity index (χ3v) is 4.67. The Morgan fingerprint density at radius 1 is 1.16 bits per heavy atom. The second kappa shape index (κ2) is 5.12. The maximum absolute atomic E-state index is 10.1. The molecule has 0 fully saturated rings.